The van der Waals surface area contributed by atoms with Gasteiger partial charge in [-0.05, 0) is 25.0 Å². The van der Waals surface area contributed by atoms with E-state index < -0.39 is 0 Å². The summed E-state index contributed by atoms with van der Waals surface area (Å²) in [6.07, 6.45) is 3.44. The number of rotatable bonds is 4. The lowest BCUT2D eigenvalue weighted by Gasteiger charge is -2.31. The van der Waals surface area contributed by atoms with Crippen molar-refractivity contribution in [2.75, 3.05) is 26.2 Å². The van der Waals surface area contributed by atoms with Gasteiger partial charge in [-0.2, -0.15) is 0 Å². The number of carbonyl (C=O) groups is 1. The molecular weight excluding hydrogens is 268 g/mol. The Morgan fingerprint density at radius 3 is 2.90 bits per heavy atom. The molecule has 112 valence electrons. The number of para-hydroxylation sites is 1. The molecular formula is C16H20N2O3. The highest BCUT2D eigenvalue weighted by Gasteiger charge is 2.22. The molecule has 1 amide bonds. The van der Waals surface area contributed by atoms with Crippen molar-refractivity contribution < 1.29 is 14.3 Å². The van der Waals surface area contributed by atoms with Crippen molar-refractivity contribution in [3.63, 3.8) is 0 Å². The second-order valence-electron chi connectivity index (χ2n) is 5.46. The zero-order valence-electron chi connectivity index (χ0n) is 11.9. The van der Waals surface area contributed by atoms with Crippen LogP contribution >= 0.6 is 0 Å². The molecule has 1 aliphatic heterocycles. The van der Waals surface area contributed by atoms with Gasteiger partial charge in [0.2, 0.25) is 0 Å². The molecule has 3 rings (SSSR count). The largest absolute Gasteiger partial charge is 0.464 e. The number of hydrogen-bond donors (Lipinski definition) is 2. The molecule has 5 nitrogen and oxygen atoms in total. The van der Waals surface area contributed by atoms with Gasteiger partial charge in [-0.1, -0.05) is 12.1 Å². The number of amides is 1. The van der Waals surface area contributed by atoms with Gasteiger partial charge >= 0.3 is 0 Å². The number of aliphatic hydroxyl groups excluding tert-OH is 1. The lowest BCUT2D eigenvalue weighted by atomic mass is 10.0. The molecule has 0 spiro atoms. The van der Waals surface area contributed by atoms with E-state index in [-0.39, 0.29) is 18.6 Å². The van der Waals surface area contributed by atoms with Crippen molar-refractivity contribution in [2.24, 2.45) is 0 Å². The number of likely N-dealkylation sites (tertiary alicyclic amines) is 1. The van der Waals surface area contributed by atoms with Crippen LogP contribution in [0.1, 0.15) is 23.2 Å². The Morgan fingerprint density at radius 2 is 2.14 bits per heavy atom. The number of nitrogens with one attached hydrogen (secondary N) is 1. The zero-order chi connectivity index (χ0) is 14.7. The summed E-state index contributed by atoms with van der Waals surface area (Å²) >= 11 is 0. The Morgan fingerprint density at radius 1 is 1.33 bits per heavy atom. The Hall–Kier alpha value is -1.85. The molecule has 1 saturated heterocycles. The Labute approximate surface area is 123 Å². The number of hydrogen-bond acceptors (Lipinski definition) is 4. The van der Waals surface area contributed by atoms with Crippen LogP contribution in [-0.2, 0) is 0 Å². The van der Waals surface area contributed by atoms with E-state index in [4.69, 9.17) is 9.52 Å². The van der Waals surface area contributed by atoms with Crippen LogP contribution in [0.25, 0.3) is 11.0 Å². The van der Waals surface area contributed by atoms with Crippen LogP contribution < -0.4 is 5.32 Å². The Bertz CT molecular complexity index is 615. The van der Waals surface area contributed by atoms with Gasteiger partial charge < -0.3 is 19.7 Å². The molecule has 0 unspecified atom stereocenters. The van der Waals surface area contributed by atoms with E-state index in [1.807, 2.05) is 18.2 Å². The first-order valence-corrected chi connectivity index (χ1v) is 7.38. The number of piperidine rings is 1. The van der Waals surface area contributed by atoms with Crippen molar-refractivity contribution in [2.45, 2.75) is 18.9 Å². The second kappa shape index (κ2) is 6.28. The maximum atomic E-state index is 12.4. The van der Waals surface area contributed by atoms with Crippen molar-refractivity contribution in [1.82, 2.24) is 10.2 Å². The SMILES string of the molecule is O=C(NC1CCN(CCO)CC1)c1cccc2ccoc12. The van der Waals surface area contributed by atoms with Crippen LogP contribution in [0.4, 0.5) is 0 Å². The normalized spacial score (nSPS) is 17.2. The summed E-state index contributed by atoms with van der Waals surface area (Å²) in [7, 11) is 0. The molecule has 2 aromatic rings. The van der Waals surface area contributed by atoms with Gasteiger partial charge in [0.25, 0.3) is 5.91 Å². The van der Waals surface area contributed by atoms with Crippen LogP contribution in [-0.4, -0.2) is 48.2 Å². The zero-order valence-corrected chi connectivity index (χ0v) is 11.9. The number of carbonyl (C=O) groups excluding carboxylic acids is 1. The number of benzene rings is 1. The predicted molar refractivity (Wildman–Crippen MR) is 80.2 cm³/mol. The van der Waals surface area contributed by atoms with Gasteiger partial charge in [-0.3, -0.25) is 4.79 Å². The van der Waals surface area contributed by atoms with Crippen LogP contribution in [0.3, 0.4) is 0 Å². The molecule has 0 radical (unpaired) electrons. The van der Waals surface area contributed by atoms with Gasteiger partial charge in [0, 0.05) is 31.1 Å². The molecule has 2 heterocycles. The van der Waals surface area contributed by atoms with Gasteiger partial charge in [0.15, 0.2) is 0 Å². The number of furan rings is 1. The molecule has 0 aliphatic carbocycles. The third-order valence-corrected chi connectivity index (χ3v) is 4.06. The van der Waals surface area contributed by atoms with Gasteiger partial charge in [-0.15, -0.1) is 0 Å². The summed E-state index contributed by atoms with van der Waals surface area (Å²) in [4.78, 5) is 14.6. The number of β-amino-alcohol motifs (C(OH)–C–C–N with tert-alkyl or cyclic N) is 1. The third kappa shape index (κ3) is 3.09. The Kier molecular flexibility index (Phi) is 4.22. The number of fused-ring (bicyclic) bond motifs is 1. The van der Waals surface area contributed by atoms with Crippen molar-refractivity contribution in [1.29, 1.82) is 0 Å². The molecule has 1 aromatic heterocycles. The average molecular weight is 288 g/mol. The molecule has 1 fully saturated rings. The molecule has 21 heavy (non-hydrogen) atoms. The van der Waals surface area contributed by atoms with Crippen LogP contribution in [0.5, 0.6) is 0 Å². The first-order valence-electron chi connectivity index (χ1n) is 7.38. The molecule has 0 bridgehead atoms. The lowest BCUT2D eigenvalue weighted by molar-refractivity contribution is 0.0904. The van der Waals surface area contributed by atoms with Gasteiger partial charge in [0.1, 0.15) is 5.58 Å². The quantitative estimate of drug-likeness (QED) is 0.897. The molecule has 2 N–H and O–H groups in total. The van der Waals surface area contributed by atoms with E-state index >= 15 is 0 Å². The number of aliphatic hydroxyl groups is 1. The molecule has 5 heteroatoms. The fourth-order valence-electron chi connectivity index (χ4n) is 2.88. The van der Waals surface area contributed by atoms with Gasteiger partial charge in [-0.25, -0.2) is 0 Å². The monoisotopic (exact) mass is 288 g/mol. The van der Waals surface area contributed by atoms with Gasteiger partial charge in [0.05, 0.1) is 18.4 Å². The summed E-state index contributed by atoms with van der Waals surface area (Å²) in [5.74, 6) is -0.0730. The lowest BCUT2D eigenvalue weighted by Crippen LogP contribution is -2.45. The van der Waals surface area contributed by atoms with E-state index in [9.17, 15) is 4.79 Å². The van der Waals surface area contributed by atoms with Crippen LogP contribution in [0.15, 0.2) is 34.9 Å². The smallest absolute Gasteiger partial charge is 0.255 e. The first kappa shape index (κ1) is 14.1. The van der Waals surface area contributed by atoms with E-state index in [0.29, 0.717) is 17.7 Å². The molecule has 1 aliphatic rings. The number of nitrogens with zero attached hydrogens (tertiary/aromatic N) is 1. The van der Waals surface area contributed by atoms with Crippen molar-refractivity contribution in [3.8, 4) is 0 Å². The minimum Gasteiger partial charge on any atom is -0.464 e. The standard InChI is InChI=1S/C16H20N2O3/c19-10-9-18-7-4-13(5-8-18)17-16(20)14-3-1-2-12-6-11-21-15(12)14/h1-3,6,11,13,19H,4-5,7-10H2,(H,17,20). The predicted octanol–water partition coefficient (Wildman–Crippen LogP) is 1.62. The van der Waals surface area contributed by atoms with E-state index in [2.05, 4.69) is 10.2 Å². The third-order valence-electron chi connectivity index (χ3n) is 4.06. The fraction of sp³-hybridized carbons (Fsp3) is 0.438. The highest BCUT2D eigenvalue weighted by Crippen LogP contribution is 2.20. The van der Waals surface area contributed by atoms with Crippen LogP contribution in [0.2, 0.25) is 0 Å². The van der Waals surface area contributed by atoms with E-state index in [0.717, 1.165) is 31.3 Å². The summed E-state index contributed by atoms with van der Waals surface area (Å²) in [6.45, 7) is 2.73. The molecule has 0 atom stereocenters. The summed E-state index contributed by atoms with van der Waals surface area (Å²) < 4.78 is 5.41. The van der Waals surface area contributed by atoms with E-state index in [1.165, 1.54) is 0 Å². The minimum absolute atomic E-state index is 0.0730. The highest BCUT2D eigenvalue weighted by atomic mass is 16.3. The highest BCUT2D eigenvalue weighted by molar-refractivity contribution is 6.04. The van der Waals surface area contributed by atoms with E-state index in [1.54, 1.807) is 12.3 Å². The fourth-order valence-corrected chi connectivity index (χ4v) is 2.88. The summed E-state index contributed by atoms with van der Waals surface area (Å²) in [5.41, 5.74) is 1.24. The second-order valence-corrected chi connectivity index (χ2v) is 5.46. The van der Waals surface area contributed by atoms with Crippen molar-refractivity contribution >= 4 is 16.9 Å². The Balaban J connectivity index is 1.63. The summed E-state index contributed by atoms with van der Waals surface area (Å²) in [6, 6.07) is 7.65. The van der Waals surface area contributed by atoms with Crippen LogP contribution in [0, 0.1) is 0 Å². The van der Waals surface area contributed by atoms with Crippen molar-refractivity contribution in [3.05, 3.63) is 36.1 Å². The topological polar surface area (TPSA) is 65.7 Å². The maximum Gasteiger partial charge on any atom is 0.255 e. The average Bonchev–Trinajstić information content (AvgIpc) is 2.98. The molecule has 1 aromatic carbocycles. The summed E-state index contributed by atoms with van der Waals surface area (Å²) in [5, 5.41) is 13.0. The minimum atomic E-state index is -0.0730. The first-order chi connectivity index (χ1) is 10.3. The maximum absolute atomic E-state index is 12.4. The molecule has 0 saturated carbocycles.